The molecule has 9 heteroatoms. The number of hydrogen-bond donors (Lipinski definition) is 0. The van der Waals surface area contributed by atoms with Gasteiger partial charge in [-0.1, -0.05) is 249 Å². The number of para-hydroxylation sites is 4. The number of amidine groups is 1. The molecule has 0 fully saturated rings. The third-order valence-corrected chi connectivity index (χ3v) is 19.0. The van der Waals surface area contributed by atoms with Crippen molar-refractivity contribution in [3.8, 4) is 0 Å². The van der Waals surface area contributed by atoms with Crippen molar-refractivity contribution in [1.82, 2.24) is 0 Å². The summed E-state index contributed by atoms with van der Waals surface area (Å²) >= 11 is 4.74. The minimum atomic E-state index is 0. The first-order chi connectivity index (χ1) is 42.5. The highest BCUT2D eigenvalue weighted by molar-refractivity contribution is 14.1. The summed E-state index contributed by atoms with van der Waals surface area (Å²) in [6, 6.07) is 58.1. The predicted octanol–water partition coefficient (Wildman–Crippen LogP) is 23.2. The van der Waals surface area contributed by atoms with Gasteiger partial charge in [-0.25, -0.2) is 5.01 Å². The zero-order valence-corrected chi connectivity index (χ0v) is 60.9. The fraction of sp³-hybridized carbons (Fsp3) is 0.346. The molecule has 3 aliphatic rings. The van der Waals surface area contributed by atoms with Crippen LogP contribution < -0.4 is 29.5 Å². The molecule has 476 valence electrons. The van der Waals surface area contributed by atoms with E-state index in [1.54, 1.807) is 0 Å². The van der Waals surface area contributed by atoms with Gasteiger partial charge in [0, 0.05) is 62.4 Å². The monoisotopic (exact) mass is 1430 g/mol. The van der Waals surface area contributed by atoms with Crippen LogP contribution in [0.4, 0.5) is 34.1 Å². The smallest absolute Gasteiger partial charge is 0.162 e. The molecule has 3 heterocycles. The van der Waals surface area contributed by atoms with Crippen molar-refractivity contribution in [2.75, 3.05) is 53.9 Å². The molecule has 90 heavy (non-hydrogen) atoms. The average Bonchev–Trinajstić information content (AvgIpc) is 1.61. The average molecular weight is 1430 g/mol. The van der Waals surface area contributed by atoms with Crippen molar-refractivity contribution < 1.29 is 0 Å². The molecule has 11 rings (SSSR count). The Labute approximate surface area is 571 Å². The van der Waals surface area contributed by atoms with Crippen molar-refractivity contribution in [2.24, 2.45) is 5.10 Å². The van der Waals surface area contributed by atoms with Crippen LogP contribution >= 0.6 is 45.2 Å². The van der Waals surface area contributed by atoms with Crippen molar-refractivity contribution in [3.05, 3.63) is 270 Å². The largest absolute Gasteiger partial charge is 0.328 e. The Morgan fingerprint density at radius 2 is 0.689 bits per heavy atom. The van der Waals surface area contributed by atoms with Crippen LogP contribution in [0.2, 0.25) is 0 Å². The summed E-state index contributed by atoms with van der Waals surface area (Å²) in [5.41, 5.74) is 26.7. The second-order valence-corrected chi connectivity index (χ2v) is 27.4. The Morgan fingerprint density at radius 3 is 1.01 bits per heavy atom. The van der Waals surface area contributed by atoms with Gasteiger partial charge in [0.25, 0.3) is 0 Å². The minimum Gasteiger partial charge on any atom is -0.328 e. The lowest BCUT2D eigenvalue weighted by atomic mass is 9.91. The molecule has 0 saturated carbocycles. The van der Waals surface area contributed by atoms with Crippen LogP contribution in [0.25, 0.3) is 0 Å². The van der Waals surface area contributed by atoms with E-state index >= 15 is 0 Å². The van der Waals surface area contributed by atoms with Gasteiger partial charge in [-0.05, 0) is 199 Å². The number of aryl methyl sites for hydroxylation is 9. The molecule has 0 bridgehead atoms. The summed E-state index contributed by atoms with van der Waals surface area (Å²) in [5.74, 6) is 2.97. The van der Waals surface area contributed by atoms with Crippen LogP contribution in [0, 0.1) is 65.9 Å². The highest BCUT2D eigenvalue weighted by atomic mass is 127. The van der Waals surface area contributed by atoms with Gasteiger partial charge in [0.2, 0.25) is 0 Å². The molecule has 0 atom stereocenters. The summed E-state index contributed by atoms with van der Waals surface area (Å²) in [6.07, 6.45) is 10.2. The first-order valence-corrected chi connectivity index (χ1v) is 34.6. The molecule has 0 aliphatic carbocycles. The summed E-state index contributed by atoms with van der Waals surface area (Å²) in [5, 5.41) is 6.90. The molecule has 0 unspecified atom stereocenters. The van der Waals surface area contributed by atoms with Gasteiger partial charge in [0.15, 0.2) is 5.84 Å². The molecule has 3 aliphatic heterocycles. The van der Waals surface area contributed by atoms with Crippen molar-refractivity contribution >= 4 is 85.1 Å². The van der Waals surface area contributed by atoms with E-state index in [1.807, 2.05) is 47.5 Å². The number of alkyl halides is 1. The molecule has 0 radical (unpaired) electrons. The molecule has 8 aromatic carbocycles. The maximum atomic E-state index is 4.86. The number of hydrazone groups is 1. The van der Waals surface area contributed by atoms with Gasteiger partial charge in [-0.15, -0.1) is 0 Å². The quantitative estimate of drug-likeness (QED) is 0.0895. The van der Waals surface area contributed by atoms with Crippen LogP contribution in [0.1, 0.15) is 178 Å². The topological polar surface area (TPSA) is 31.8 Å². The fourth-order valence-corrected chi connectivity index (χ4v) is 12.6. The molecule has 8 aromatic rings. The van der Waals surface area contributed by atoms with E-state index < -0.39 is 0 Å². The number of halogens is 2. The van der Waals surface area contributed by atoms with Crippen LogP contribution in [-0.2, 0) is 0 Å². The number of rotatable bonds is 12. The highest BCUT2D eigenvalue weighted by Crippen LogP contribution is 2.41. The van der Waals surface area contributed by atoms with Crippen molar-refractivity contribution in [3.63, 3.8) is 0 Å². The second-order valence-electron chi connectivity index (χ2n) is 25.3. The van der Waals surface area contributed by atoms with Gasteiger partial charge in [0.1, 0.15) is 6.67 Å². The number of benzene rings is 8. The van der Waals surface area contributed by atoms with E-state index in [0.717, 1.165) is 36.1 Å². The Kier molecular flexibility index (Phi) is 27.3. The van der Waals surface area contributed by atoms with Crippen molar-refractivity contribution in [1.29, 1.82) is 0 Å². The van der Waals surface area contributed by atoms with E-state index in [9.17, 15) is 0 Å². The van der Waals surface area contributed by atoms with Crippen LogP contribution in [0.3, 0.4) is 0 Å². The third-order valence-electron chi connectivity index (χ3n) is 16.2. The van der Waals surface area contributed by atoms with Gasteiger partial charge in [0.05, 0.1) is 19.0 Å². The molecule has 0 N–H and O–H groups in total. The molecular formula is C81H103I2N7. The van der Waals surface area contributed by atoms with Crippen LogP contribution in [-0.4, -0.2) is 30.3 Å². The Balaban J connectivity index is 0.000000194. The zero-order chi connectivity index (χ0) is 64.6. The number of anilines is 6. The van der Waals surface area contributed by atoms with Crippen LogP contribution in [0.15, 0.2) is 194 Å². The molecular weight excluding hydrogens is 1320 g/mol. The van der Waals surface area contributed by atoms with Crippen LogP contribution in [0.5, 0.6) is 0 Å². The maximum absolute atomic E-state index is 4.86. The SMILES string of the molecule is C.CC(C)c1cccc(C(C)C)c1N1C=CN(c2c(C(C)C)cccc2C(C)C)C1.CCCI.Cc1cc(C)c(I)c(C)c1.Cc1cc(C)c(N2C=CN(c3c(C)cc(C)cc3C)C2)c(C)c1.c1ccc(C2=NN(c3ccccc3)CN2c2ccccc2)cc1. The standard InChI is InChI=1S/C27H38N2.C21H26N2.C20H17N3.C9H11I.C3H7I.CH4/c1-18(2)22-11-9-12-23(19(3)4)26(22)28-15-16-29(17-28)27-24(20(5)6)13-10-14-25(27)21(7)8;1-14-9-16(3)20(17(4)10-14)22-7-8-23(13-22)21-18(5)11-15(2)12-19(21)6;1-4-10-17(11-5-1)20-21-23(19-14-8-3-9-15-19)16-22(20)18-12-6-2-7-13-18;1-6-4-7(2)9(10)8(3)5-6;1-2-3-4;/h9-16,18-21H,17H2,1-8H3;7-12H,13H2,1-6H3;1-15H,16H2;4-5H,1-3H3;2-3H2,1H3;1H4. The Hall–Kier alpha value is -6.83. The summed E-state index contributed by atoms with van der Waals surface area (Å²) in [6.45, 7) is 42.6. The lowest BCUT2D eigenvalue weighted by molar-refractivity contribution is 0.803. The van der Waals surface area contributed by atoms with Crippen molar-refractivity contribution in [2.45, 2.75) is 162 Å². The fourth-order valence-electron chi connectivity index (χ4n) is 12.3. The predicted molar refractivity (Wildman–Crippen MR) is 413 cm³/mol. The summed E-state index contributed by atoms with van der Waals surface area (Å²) < 4.78 is 2.68. The summed E-state index contributed by atoms with van der Waals surface area (Å²) in [4.78, 5) is 11.8. The number of nitrogens with zero attached hydrogens (tertiary/aromatic N) is 7. The number of hydrogen-bond acceptors (Lipinski definition) is 7. The van der Waals surface area contributed by atoms with Gasteiger partial charge >= 0.3 is 0 Å². The lowest BCUT2D eigenvalue weighted by Crippen LogP contribution is -2.31. The first-order valence-electron chi connectivity index (χ1n) is 32.0. The molecule has 0 saturated heterocycles. The van der Waals surface area contributed by atoms with E-state index in [2.05, 4.69) is 340 Å². The van der Waals surface area contributed by atoms with E-state index in [0.29, 0.717) is 30.3 Å². The molecule has 0 spiro atoms. The van der Waals surface area contributed by atoms with E-state index in [4.69, 9.17) is 5.10 Å². The Morgan fingerprint density at radius 1 is 0.389 bits per heavy atom. The Bertz CT molecular complexity index is 3420. The molecule has 7 nitrogen and oxygen atoms in total. The van der Waals surface area contributed by atoms with E-state index in [1.165, 1.54) is 109 Å². The summed E-state index contributed by atoms with van der Waals surface area (Å²) in [7, 11) is 0. The van der Waals surface area contributed by atoms with Gasteiger partial charge < -0.3 is 24.5 Å². The highest BCUT2D eigenvalue weighted by Gasteiger charge is 2.29. The first kappa shape index (κ1) is 72.2. The lowest BCUT2D eigenvalue weighted by Gasteiger charge is -2.31. The van der Waals surface area contributed by atoms with E-state index in [-0.39, 0.29) is 7.43 Å². The molecule has 0 amide bonds. The minimum absolute atomic E-state index is 0. The maximum Gasteiger partial charge on any atom is 0.162 e. The normalized spacial score (nSPS) is 13.2. The second kappa shape index (κ2) is 34.0. The molecule has 0 aromatic heterocycles. The third kappa shape index (κ3) is 18.4. The van der Waals surface area contributed by atoms with Gasteiger partial charge in [-0.3, -0.25) is 0 Å². The van der Waals surface area contributed by atoms with Gasteiger partial charge in [-0.2, -0.15) is 5.10 Å². The zero-order valence-electron chi connectivity index (χ0n) is 56.6.